The van der Waals surface area contributed by atoms with Gasteiger partial charge in [0.15, 0.2) is 0 Å². The number of aliphatic carboxylic acids is 2. The van der Waals surface area contributed by atoms with Gasteiger partial charge in [-0.05, 0) is 36.5 Å². The number of hydrogen-bond donors (Lipinski definition) is 8. The number of nitrogens with one attached hydrogen (secondary N) is 3. The molecule has 216 valence electrons. The van der Waals surface area contributed by atoms with Crippen molar-refractivity contribution in [3.05, 3.63) is 29.8 Å². The van der Waals surface area contributed by atoms with Gasteiger partial charge < -0.3 is 42.7 Å². The molecule has 1 aromatic carbocycles. The number of hydrogen-bond acceptors (Lipinski definition) is 8. The summed E-state index contributed by atoms with van der Waals surface area (Å²) in [5, 5.41) is 35.4. The van der Waals surface area contributed by atoms with E-state index in [1.807, 2.05) is 0 Å². The lowest BCUT2D eigenvalue weighted by Crippen LogP contribution is -2.58. The van der Waals surface area contributed by atoms with Crippen LogP contribution < -0.4 is 27.4 Å². The van der Waals surface area contributed by atoms with Gasteiger partial charge in [-0.25, -0.2) is 4.79 Å². The molecule has 1 aromatic rings. The van der Waals surface area contributed by atoms with Gasteiger partial charge in [-0.15, -0.1) is 0 Å². The number of carbonyl (C=O) groups is 6. The maximum atomic E-state index is 13.2. The lowest BCUT2D eigenvalue weighted by atomic mass is 9.96. The number of aromatic hydroxyl groups is 1. The molecule has 0 aromatic heterocycles. The smallest absolute Gasteiger partial charge is 0.326 e. The van der Waals surface area contributed by atoms with E-state index in [0.717, 1.165) is 0 Å². The number of carboxylic acid groups (broad SMARTS) is 2. The van der Waals surface area contributed by atoms with E-state index in [1.165, 1.54) is 24.3 Å². The van der Waals surface area contributed by atoms with Crippen molar-refractivity contribution in [2.24, 2.45) is 17.4 Å². The van der Waals surface area contributed by atoms with Gasteiger partial charge in [-0.2, -0.15) is 0 Å². The quantitative estimate of drug-likeness (QED) is 0.117. The van der Waals surface area contributed by atoms with E-state index < -0.39 is 72.1 Å². The second-order valence-corrected chi connectivity index (χ2v) is 9.25. The first-order valence-corrected chi connectivity index (χ1v) is 12.4. The molecule has 0 saturated carbocycles. The molecule has 0 bridgehead atoms. The zero-order valence-corrected chi connectivity index (χ0v) is 21.9. The van der Waals surface area contributed by atoms with Crippen LogP contribution >= 0.6 is 0 Å². The summed E-state index contributed by atoms with van der Waals surface area (Å²) in [5.41, 5.74) is 11.4. The molecule has 0 saturated heterocycles. The third kappa shape index (κ3) is 11.8. The first kappa shape index (κ1) is 32.8. The van der Waals surface area contributed by atoms with Gasteiger partial charge in [-0.3, -0.25) is 24.0 Å². The van der Waals surface area contributed by atoms with Crippen molar-refractivity contribution in [1.29, 1.82) is 0 Å². The molecule has 1 rings (SSSR count). The van der Waals surface area contributed by atoms with Gasteiger partial charge in [0.1, 0.15) is 23.9 Å². The number of phenolic OH excluding ortho intramolecular Hbond substituents is 1. The maximum Gasteiger partial charge on any atom is 0.326 e. The van der Waals surface area contributed by atoms with Crippen LogP contribution in [0.2, 0.25) is 0 Å². The van der Waals surface area contributed by atoms with Crippen molar-refractivity contribution in [1.82, 2.24) is 16.0 Å². The van der Waals surface area contributed by atoms with E-state index in [-0.39, 0.29) is 31.4 Å². The summed E-state index contributed by atoms with van der Waals surface area (Å²) in [4.78, 5) is 72.7. The van der Waals surface area contributed by atoms with Gasteiger partial charge in [0.2, 0.25) is 23.6 Å². The van der Waals surface area contributed by atoms with Crippen molar-refractivity contribution < 1.29 is 44.1 Å². The second-order valence-electron chi connectivity index (χ2n) is 9.25. The Hall–Kier alpha value is -4.20. The number of benzene rings is 1. The normalized spacial score (nSPS) is 14.6. The van der Waals surface area contributed by atoms with E-state index in [9.17, 15) is 39.0 Å². The first-order chi connectivity index (χ1) is 18.2. The van der Waals surface area contributed by atoms with Crippen LogP contribution in [-0.4, -0.2) is 75.1 Å². The molecule has 4 amide bonds. The minimum Gasteiger partial charge on any atom is -0.508 e. The number of carbonyl (C=O) groups excluding carboxylic acids is 4. The topological polar surface area (TPSA) is 251 Å². The largest absolute Gasteiger partial charge is 0.508 e. The van der Waals surface area contributed by atoms with E-state index in [0.29, 0.717) is 12.0 Å². The van der Waals surface area contributed by atoms with Crippen LogP contribution in [0.1, 0.15) is 51.5 Å². The molecule has 14 heteroatoms. The molecule has 5 unspecified atom stereocenters. The van der Waals surface area contributed by atoms with Crippen LogP contribution in [0.15, 0.2) is 24.3 Å². The molecule has 0 aliphatic rings. The Labute approximate surface area is 225 Å². The first-order valence-electron chi connectivity index (χ1n) is 12.4. The molecule has 39 heavy (non-hydrogen) atoms. The summed E-state index contributed by atoms with van der Waals surface area (Å²) in [6, 6.07) is 0.545. The number of nitrogens with two attached hydrogens (primary N) is 2. The summed E-state index contributed by atoms with van der Waals surface area (Å²) < 4.78 is 0. The Morgan fingerprint density at radius 3 is 1.95 bits per heavy atom. The number of primary amides is 1. The summed E-state index contributed by atoms with van der Waals surface area (Å²) >= 11 is 0. The highest BCUT2D eigenvalue weighted by Gasteiger charge is 2.32. The van der Waals surface area contributed by atoms with Crippen molar-refractivity contribution in [2.45, 2.75) is 76.5 Å². The molecular formula is C25H37N5O9. The minimum absolute atomic E-state index is 0.0251. The zero-order chi connectivity index (χ0) is 29.7. The zero-order valence-electron chi connectivity index (χ0n) is 21.9. The Balaban J connectivity index is 3.06. The monoisotopic (exact) mass is 551 g/mol. The van der Waals surface area contributed by atoms with Crippen molar-refractivity contribution in [3.63, 3.8) is 0 Å². The molecule has 0 heterocycles. The Morgan fingerprint density at radius 1 is 0.846 bits per heavy atom. The van der Waals surface area contributed by atoms with Crippen LogP contribution in [-0.2, 0) is 35.2 Å². The summed E-state index contributed by atoms with van der Waals surface area (Å²) in [6.45, 7) is 3.43. The van der Waals surface area contributed by atoms with Crippen LogP contribution in [0, 0.1) is 5.92 Å². The highest BCUT2D eigenvalue weighted by Crippen LogP contribution is 2.13. The van der Waals surface area contributed by atoms with E-state index in [4.69, 9.17) is 16.6 Å². The number of amides is 4. The van der Waals surface area contributed by atoms with E-state index in [2.05, 4.69) is 16.0 Å². The standard InChI is InChI=1S/C25H37N5O9/c1-3-13(2)21(30-22(35)16(26)8-10-19(27)32)24(37)28-17(9-11-20(33)34)23(36)29-18(25(38)39)12-14-4-6-15(31)7-5-14/h4-7,13,16-18,21,31H,3,8-12,26H2,1-2H3,(H2,27,32)(H,28,37)(H,29,36)(H,30,35)(H,33,34)(H,38,39). The highest BCUT2D eigenvalue weighted by atomic mass is 16.4. The van der Waals surface area contributed by atoms with Crippen LogP contribution in [0.25, 0.3) is 0 Å². The lowest BCUT2D eigenvalue weighted by Gasteiger charge is -2.28. The number of rotatable bonds is 17. The molecule has 5 atom stereocenters. The summed E-state index contributed by atoms with van der Waals surface area (Å²) in [7, 11) is 0. The average molecular weight is 552 g/mol. The molecule has 10 N–H and O–H groups in total. The van der Waals surface area contributed by atoms with Gasteiger partial charge in [0.25, 0.3) is 0 Å². The molecule has 0 aliphatic carbocycles. The van der Waals surface area contributed by atoms with Gasteiger partial charge >= 0.3 is 11.9 Å². The Morgan fingerprint density at radius 2 is 1.44 bits per heavy atom. The van der Waals surface area contributed by atoms with Crippen molar-refractivity contribution >= 4 is 35.6 Å². The van der Waals surface area contributed by atoms with Crippen molar-refractivity contribution in [3.8, 4) is 5.75 Å². The predicted molar refractivity (Wildman–Crippen MR) is 138 cm³/mol. The highest BCUT2D eigenvalue weighted by molar-refractivity contribution is 5.94. The summed E-state index contributed by atoms with van der Waals surface area (Å²) in [5.74, 6) is -6.15. The Bertz CT molecular complexity index is 1030. The molecule has 0 fully saturated rings. The third-order valence-electron chi connectivity index (χ3n) is 6.10. The third-order valence-corrected chi connectivity index (χ3v) is 6.10. The molecular weight excluding hydrogens is 514 g/mol. The van der Waals surface area contributed by atoms with Crippen molar-refractivity contribution in [2.75, 3.05) is 0 Å². The summed E-state index contributed by atoms with van der Waals surface area (Å²) in [6.07, 6.45) is -0.743. The minimum atomic E-state index is -1.43. The molecule has 14 nitrogen and oxygen atoms in total. The molecule has 0 radical (unpaired) electrons. The fourth-order valence-corrected chi connectivity index (χ4v) is 3.53. The molecule has 0 aliphatic heterocycles. The van der Waals surface area contributed by atoms with Crippen LogP contribution in [0.3, 0.4) is 0 Å². The fraction of sp³-hybridized carbons (Fsp3) is 0.520. The second kappa shape index (κ2) is 15.9. The number of carboxylic acids is 2. The van der Waals surface area contributed by atoms with E-state index >= 15 is 0 Å². The maximum absolute atomic E-state index is 13.2. The van der Waals surface area contributed by atoms with Crippen LogP contribution in [0.4, 0.5) is 0 Å². The van der Waals surface area contributed by atoms with Gasteiger partial charge in [0, 0.05) is 19.3 Å². The predicted octanol–water partition coefficient (Wildman–Crippen LogP) is -1.02. The Kier molecular flexibility index (Phi) is 13.4. The van der Waals surface area contributed by atoms with Gasteiger partial charge in [0.05, 0.1) is 6.04 Å². The lowest BCUT2D eigenvalue weighted by molar-refractivity contribution is -0.143. The SMILES string of the molecule is CCC(C)C(NC(=O)C(N)CCC(N)=O)C(=O)NC(CCC(=O)O)C(=O)NC(Cc1ccc(O)cc1)C(=O)O. The molecule has 0 spiro atoms. The van der Waals surface area contributed by atoms with E-state index in [1.54, 1.807) is 13.8 Å². The van der Waals surface area contributed by atoms with Gasteiger partial charge in [-0.1, -0.05) is 32.4 Å². The average Bonchev–Trinajstić information content (AvgIpc) is 2.87. The number of phenols is 1. The fourth-order valence-electron chi connectivity index (χ4n) is 3.53. The van der Waals surface area contributed by atoms with Crippen LogP contribution in [0.5, 0.6) is 5.75 Å².